The minimum absolute atomic E-state index is 0.283. The second-order valence-electron chi connectivity index (χ2n) is 4.48. The van der Waals surface area contributed by atoms with Gasteiger partial charge in [0, 0.05) is 33.0 Å². The molecule has 0 aliphatic heterocycles. The molecule has 0 spiro atoms. The lowest BCUT2D eigenvalue weighted by molar-refractivity contribution is 0.521. The van der Waals surface area contributed by atoms with E-state index in [1.54, 1.807) is 29.1 Å². The third kappa shape index (κ3) is 3.17. The van der Waals surface area contributed by atoms with Crippen molar-refractivity contribution in [3.05, 3.63) is 42.7 Å². The fourth-order valence-corrected chi connectivity index (χ4v) is 2.83. The predicted octanol–water partition coefficient (Wildman–Crippen LogP) is 1.25. The van der Waals surface area contributed by atoms with Crippen LogP contribution in [0.5, 0.6) is 0 Å². The Kier molecular flexibility index (Phi) is 4.41. The first kappa shape index (κ1) is 14.5. The predicted molar refractivity (Wildman–Crippen MR) is 78.0 cm³/mol. The average Bonchev–Trinajstić information content (AvgIpc) is 2.92. The summed E-state index contributed by atoms with van der Waals surface area (Å²) in [6.45, 7) is 1.27. The Labute approximate surface area is 119 Å². The Bertz CT molecular complexity index is 651. The second kappa shape index (κ2) is 6.06. The first-order valence-corrected chi connectivity index (χ1v) is 7.68. The highest BCUT2D eigenvalue weighted by atomic mass is 32.2. The summed E-state index contributed by atoms with van der Waals surface area (Å²) in [7, 11) is -0.396. The average molecular weight is 294 g/mol. The SMILES string of the molecule is CN(C)S(=O)(=O)c1ccccc1NCCn1cccn1. The maximum absolute atomic E-state index is 12.2. The molecule has 20 heavy (non-hydrogen) atoms. The molecule has 0 radical (unpaired) electrons. The summed E-state index contributed by atoms with van der Waals surface area (Å²) in [6.07, 6.45) is 3.58. The summed E-state index contributed by atoms with van der Waals surface area (Å²) >= 11 is 0. The molecule has 1 heterocycles. The highest BCUT2D eigenvalue weighted by Crippen LogP contribution is 2.22. The fraction of sp³-hybridized carbons (Fsp3) is 0.308. The van der Waals surface area contributed by atoms with Gasteiger partial charge in [-0.2, -0.15) is 5.10 Å². The molecule has 0 atom stereocenters. The molecule has 0 bridgehead atoms. The van der Waals surface area contributed by atoms with Gasteiger partial charge in [-0.3, -0.25) is 4.68 Å². The lowest BCUT2D eigenvalue weighted by Gasteiger charge is -2.16. The van der Waals surface area contributed by atoms with E-state index in [1.807, 2.05) is 18.3 Å². The van der Waals surface area contributed by atoms with Gasteiger partial charge in [0.15, 0.2) is 0 Å². The van der Waals surface area contributed by atoms with Gasteiger partial charge in [0.1, 0.15) is 4.90 Å². The molecular formula is C13H18N4O2S. The molecule has 2 rings (SSSR count). The van der Waals surface area contributed by atoms with Gasteiger partial charge in [0.25, 0.3) is 0 Å². The van der Waals surface area contributed by atoms with Crippen molar-refractivity contribution >= 4 is 15.7 Å². The number of rotatable bonds is 6. The minimum atomic E-state index is -3.44. The Morgan fingerprint density at radius 2 is 2.00 bits per heavy atom. The van der Waals surface area contributed by atoms with E-state index in [4.69, 9.17) is 0 Å². The van der Waals surface area contributed by atoms with Gasteiger partial charge in [-0.15, -0.1) is 0 Å². The Morgan fingerprint density at radius 1 is 1.25 bits per heavy atom. The maximum Gasteiger partial charge on any atom is 0.244 e. The van der Waals surface area contributed by atoms with Crippen LogP contribution in [0.4, 0.5) is 5.69 Å². The van der Waals surface area contributed by atoms with E-state index in [2.05, 4.69) is 10.4 Å². The zero-order chi connectivity index (χ0) is 14.6. The summed E-state index contributed by atoms with van der Waals surface area (Å²) in [4.78, 5) is 0.283. The van der Waals surface area contributed by atoms with Crippen LogP contribution in [-0.4, -0.2) is 43.1 Å². The monoisotopic (exact) mass is 294 g/mol. The molecule has 0 unspecified atom stereocenters. The maximum atomic E-state index is 12.2. The smallest absolute Gasteiger partial charge is 0.244 e. The van der Waals surface area contributed by atoms with Crippen molar-refractivity contribution in [2.45, 2.75) is 11.4 Å². The minimum Gasteiger partial charge on any atom is -0.382 e. The molecule has 108 valence electrons. The standard InChI is InChI=1S/C13H18N4O2S/c1-16(2)20(18,19)13-7-4-3-6-12(13)14-9-11-17-10-5-8-15-17/h3-8,10,14H,9,11H2,1-2H3. The third-order valence-electron chi connectivity index (χ3n) is 2.86. The summed E-state index contributed by atoms with van der Waals surface area (Å²) < 4.78 is 27.4. The molecule has 0 fully saturated rings. The van der Waals surface area contributed by atoms with Crippen molar-refractivity contribution in [3.63, 3.8) is 0 Å². The quantitative estimate of drug-likeness (QED) is 0.870. The van der Waals surface area contributed by atoms with Crippen molar-refractivity contribution in [3.8, 4) is 0 Å². The lowest BCUT2D eigenvalue weighted by atomic mass is 10.3. The molecule has 7 heteroatoms. The number of para-hydroxylation sites is 1. The summed E-state index contributed by atoms with van der Waals surface area (Å²) in [6, 6.07) is 8.75. The van der Waals surface area contributed by atoms with Gasteiger partial charge in [0.2, 0.25) is 10.0 Å². The molecular weight excluding hydrogens is 276 g/mol. The van der Waals surface area contributed by atoms with Gasteiger partial charge >= 0.3 is 0 Å². The Balaban J connectivity index is 2.12. The zero-order valence-electron chi connectivity index (χ0n) is 11.5. The molecule has 1 N–H and O–H groups in total. The van der Waals surface area contributed by atoms with Crippen LogP contribution in [0.25, 0.3) is 0 Å². The number of nitrogens with zero attached hydrogens (tertiary/aromatic N) is 3. The zero-order valence-corrected chi connectivity index (χ0v) is 12.3. The normalized spacial score (nSPS) is 11.8. The van der Waals surface area contributed by atoms with Crippen LogP contribution in [0.15, 0.2) is 47.6 Å². The number of hydrogen-bond donors (Lipinski definition) is 1. The van der Waals surface area contributed by atoms with Crippen LogP contribution < -0.4 is 5.32 Å². The molecule has 0 aliphatic carbocycles. The van der Waals surface area contributed by atoms with Gasteiger partial charge in [-0.05, 0) is 18.2 Å². The van der Waals surface area contributed by atoms with Crippen molar-refractivity contribution in [2.24, 2.45) is 0 Å². The number of benzene rings is 1. The van der Waals surface area contributed by atoms with Crippen molar-refractivity contribution in [1.82, 2.24) is 14.1 Å². The third-order valence-corrected chi connectivity index (χ3v) is 4.73. The van der Waals surface area contributed by atoms with Crippen LogP contribution in [-0.2, 0) is 16.6 Å². The highest BCUT2D eigenvalue weighted by Gasteiger charge is 2.20. The van der Waals surface area contributed by atoms with Crippen LogP contribution in [0.3, 0.4) is 0 Å². The summed E-state index contributed by atoms with van der Waals surface area (Å²) in [5.41, 5.74) is 0.605. The molecule has 0 saturated heterocycles. The van der Waals surface area contributed by atoms with E-state index < -0.39 is 10.0 Å². The number of anilines is 1. The van der Waals surface area contributed by atoms with Gasteiger partial charge in [0.05, 0.1) is 12.2 Å². The van der Waals surface area contributed by atoms with Crippen molar-refractivity contribution < 1.29 is 8.42 Å². The van der Waals surface area contributed by atoms with E-state index in [-0.39, 0.29) is 4.90 Å². The van der Waals surface area contributed by atoms with E-state index >= 15 is 0 Å². The summed E-state index contributed by atoms with van der Waals surface area (Å²) in [5.74, 6) is 0. The molecule has 1 aromatic carbocycles. The number of nitrogens with one attached hydrogen (secondary N) is 1. The molecule has 0 saturated carbocycles. The molecule has 0 amide bonds. The first-order valence-electron chi connectivity index (χ1n) is 6.24. The fourth-order valence-electron chi connectivity index (χ4n) is 1.77. The van der Waals surface area contributed by atoms with Crippen LogP contribution in [0.2, 0.25) is 0 Å². The van der Waals surface area contributed by atoms with E-state index in [9.17, 15) is 8.42 Å². The van der Waals surface area contributed by atoms with Gasteiger partial charge < -0.3 is 5.32 Å². The van der Waals surface area contributed by atoms with E-state index in [0.29, 0.717) is 18.8 Å². The lowest BCUT2D eigenvalue weighted by Crippen LogP contribution is -2.23. The summed E-state index contributed by atoms with van der Waals surface area (Å²) in [5, 5.41) is 7.24. The van der Waals surface area contributed by atoms with E-state index in [1.165, 1.54) is 18.4 Å². The topological polar surface area (TPSA) is 67.2 Å². The van der Waals surface area contributed by atoms with Crippen molar-refractivity contribution in [1.29, 1.82) is 0 Å². The van der Waals surface area contributed by atoms with Crippen LogP contribution in [0, 0.1) is 0 Å². The largest absolute Gasteiger partial charge is 0.382 e. The van der Waals surface area contributed by atoms with Crippen LogP contribution >= 0.6 is 0 Å². The van der Waals surface area contributed by atoms with E-state index in [0.717, 1.165) is 0 Å². The van der Waals surface area contributed by atoms with Gasteiger partial charge in [-0.25, -0.2) is 12.7 Å². The number of sulfonamides is 1. The van der Waals surface area contributed by atoms with Gasteiger partial charge in [-0.1, -0.05) is 12.1 Å². The highest BCUT2D eigenvalue weighted by molar-refractivity contribution is 7.89. The molecule has 2 aromatic rings. The molecule has 0 aliphatic rings. The molecule has 6 nitrogen and oxygen atoms in total. The second-order valence-corrected chi connectivity index (χ2v) is 6.60. The van der Waals surface area contributed by atoms with Crippen molar-refractivity contribution in [2.75, 3.05) is 26.0 Å². The Morgan fingerprint density at radius 3 is 2.65 bits per heavy atom. The molecule has 1 aromatic heterocycles. The first-order chi connectivity index (χ1) is 9.51. The Hall–Kier alpha value is -1.86. The number of aromatic nitrogens is 2. The number of hydrogen-bond acceptors (Lipinski definition) is 4. The van der Waals surface area contributed by atoms with Crippen LogP contribution in [0.1, 0.15) is 0 Å².